The molecule has 0 bridgehead atoms. The van der Waals surface area contributed by atoms with Crippen LogP contribution in [0.15, 0.2) is 0 Å². The molecule has 0 saturated heterocycles. The standard InChI is InChI=1S/C8H16O/c1-7-5-3-4-6-8(7,2)9/h7,9H,3-6H2,1-2H3/p+1/t7-,8+/m0/s1. The Hall–Kier alpha value is -0.0400. The summed E-state index contributed by atoms with van der Waals surface area (Å²) in [5, 5.41) is 7.83. The van der Waals surface area contributed by atoms with Gasteiger partial charge in [-0.15, -0.1) is 0 Å². The summed E-state index contributed by atoms with van der Waals surface area (Å²) in [4.78, 5) is 0. The Balaban J connectivity index is 2.49. The van der Waals surface area contributed by atoms with Crippen LogP contribution in [0, 0.1) is 5.92 Å². The van der Waals surface area contributed by atoms with E-state index >= 15 is 0 Å². The largest absolute Gasteiger partial charge is 0.441 e. The van der Waals surface area contributed by atoms with Crippen LogP contribution in [0.25, 0.3) is 0 Å². The van der Waals surface area contributed by atoms with E-state index in [1.165, 1.54) is 19.3 Å². The van der Waals surface area contributed by atoms with Crippen LogP contribution in [0.5, 0.6) is 0 Å². The molecule has 1 fully saturated rings. The molecule has 0 heterocycles. The van der Waals surface area contributed by atoms with Crippen molar-refractivity contribution in [2.45, 2.75) is 45.1 Å². The topological polar surface area (TPSA) is 22.9 Å². The smallest absolute Gasteiger partial charge is 0.163 e. The Labute approximate surface area is 57.1 Å². The van der Waals surface area contributed by atoms with Crippen LogP contribution in [-0.2, 0) is 0 Å². The van der Waals surface area contributed by atoms with Crippen molar-refractivity contribution in [2.75, 3.05) is 0 Å². The number of hydrogen-bond acceptors (Lipinski definition) is 0. The molecule has 1 nitrogen and oxygen atoms in total. The van der Waals surface area contributed by atoms with Gasteiger partial charge < -0.3 is 5.11 Å². The van der Waals surface area contributed by atoms with Gasteiger partial charge in [0.25, 0.3) is 0 Å². The Morgan fingerprint density at radius 3 is 2.44 bits per heavy atom. The van der Waals surface area contributed by atoms with Gasteiger partial charge in [0.2, 0.25) is 0 Å². The SMILES string of the molecule is C[C@H]1CCCC[C@@]1(C)[OH2+]. The lowest BCUT2D eigenvalue weighted by atomic mass is 9.78. The van der Waals surface area contributed by atoms with Gasteiger partial charge in [0.1, 0.15) is 0 Å². The van der Waals surface area contributed by atoms with Gasteiger partial charge in [0.15, 0.2) is 5.60 Å². The molecule has 0 amide bonds. The lowest BCUT2D eigenvalue weighted by Crippen LogP contribution is -2.35. The molecule has 1 saturated carbocycles. The summed E-state index contributed by atoms with van der Waals surface area (Å²) in [6.45, 7) is 4.27. The van der Waals surface area contributed by atoms with Gasteiger partial charge in [0.05, 0.1) is 0 Å². The number of hydrogen-bond donors (Lipinski definition) is 0. The molecule has 0 aromatic heterocycles. The molecule has 9 heavy (non-hydrogen) atoms. The maximum Gasteiger partial charge on any atom is 0.163 e. The van der Waals surface area contributed by atoms with E-state index in [1.807, 2.05) is 0 Å². The summed E-state index contributed by atoms with van der Waals surface area (Å²) in [6.07, 6.45) is 4.98. The molecule has 0 aromatic rings. The van der Waals surface area contributed by atoms with E-state index in [0.29, 0.717) is 5.92 Å². The predicted octanol–water partition coefficient (Wildman–Crippen LogP) is 1.68. The molecule has 2 atom stereocenters. The average Bonchev–Trinajstić information content (AvgIpc) is 1.77. The second-order valence-electron chi connectivity index (χ2n) is 3.56. The average molecular weight is 129 g/mol. The first-order chi connectivity index (χ1) is 4.13. The Morgan fingerprint density at radius 1 is 1.44 bits per heavy atom. The fourth-order valence-corrected chi connectivity index (χ4v) is 1.51. The summed E-state index contributed by atoms with van der Waals surface area (Å²) >= 11 is 0. The van der Waals surface area contributed by atoms with Crippen molar-refractivity contribution in [1.29, 1.82) is 0 Å². The van der Waals surface area contributed by atoms with Gasteiger partial charge in [-0.05, 0) is 12.8 Å². The van der Waals surface area contributed by atoms with Gasteiger partial charge >= 0.3 is 0 Å². The van der Waals surface area contributed by atoms with Gasteiger partial charge in [-0.25, -0.2) is 0 Å². The monoisotopic (exact) mass is 129 g/mol. The fraction of sp³-hybridized carbons (Fsp3) is 1.00. The molecule has 2 N–H and O–H groups in total. The second kappa shape index (κ2) is 2.30. The van der Waals surface area contributed by atoms with Crippen molar-refractivity contribution in [3.8, 4) is 0 Å². The summed E-state index contributed by atoms with van der Waals surface area (Å²) in [7, 11) is 0. The zero-order valence-electron chi connectivity index (χ0n) is 6.41. The third-order valence-corrected chi connectivity index (χ3v) is 2.67. The lowest BCUT2D eigenvalue weighted by Gasteiger charge is -2.30. The molecular formula is C8H17O+. The predicted molar refractivity (Wildman–Crippen MR) is 39.7 cm³/mol. The normalized spacial score (nSPS) is 45.0. The van der Waals surface area contributed by atoms with Crippen LogP contribution in [0.4, 0.5) is 0 Å². The maximum absolute atomic E-state index is 7.83. The van der Waals surface area contributed by atoms with Crippen LogP contribution in [-0.4, -0.2) is 10.7 Å². The lowest BCUT2D eigenvalue weighted by molar-refractivity contribution is -0.0239. The van der Waals surface area contributed by atoms with Gasteiger partial charge in [-0.2, -0.15) is 0 Å². The van der Waals surface area contributed by atoms with E-state index in [0.717, 1.165) is 6.42 Å². The Morgan fingerprint density at radius 2 is 2.11 bits per heavy atom. The van der Waals surface area contributed by atoms with Crippen LogP contribution in [0.2, 0.25) is 0 Å². The molecule has 0 aliphatic heterocycles. The first-order valence-corrected chi connectivity index (χ1v) is 3.88. The quantitative estimate of drug-likeness (QED) is 0.444. The first-order valence-electron chi connectivity index (χ1n) is 3.88. The number of rotatable bonds is 0. The zero-order chi connectivity index (χ0) is 6.91. The molecule has 1 heteroatoms. The van der Waals surface area contributed by atoms with Crippen molar-refractivity contribution >= 4 is 0 Å². The third-order valence-electron chi connectivity index (χ3n) is 2.67. The van der Waals surface area contributed by atoms with E-state index in [9.17, 15) is 0 Å². The van der Waals surface area contributed by atoms with Crippen LogP contribution < -0.4 is 0 Å². The molecule has 0 aromatic carbocycles. The second-order valence-corrected chi connectivity index (χ2v) is 3.56. The van der Waals surface area contributed by atoms with Crippen molar-refractivity contribution in [2.24, 2.45) is 5.92 Å². The molecule has 1 rings (SSSR count). The Bertz CT molecular complexity index is 96.7. The van der Waals surface area contributed by atoms with Gasteiger partial charge in [0, 0.05) is 19.3 Å². The summed E-state index contributed by atoms with van der Waals surface area (Å²) in [6, 6.07) is 0. The third kappa shape index (κ3) is 1.45. The summed E-state index contributed by atoms with van der Waals surface area (Å²) in [5.41, 5.74) is -0.113. The molecule has 1 aliphatic carbocycles. The van der Waals surface area contributed by atoms with Crippen LogP contribution >= 0.6 is 0 Å². The minimum Gasteiger partial charge on any atom is -0.441 e. The molecule has 0 unspecified atom stereocenters. The zero-order valence-corrected chi connectivity index (χ0v) is 6.41. The van der Waals surface area contributed by atoms with Crippen molar-refractivity contribution < 1.29 is 5.11 Å². The highest BCUT2D eigenvalue weighted by atomic mass is 16.3. The molecule has 0 spiro atoms. The van der Waals surface area contributed by atoms with Crippen LogP contribution in [0.3, 0.4) is 0 Å². The van der Waals surface area contributed by atoms with Crippen molar-refractivity contribution in [3.05, 3.63) is 0 Å². The maximum atomic E-state index is 7.83. The van der Waals surface area contributed by atoms with E-state index in [1.54, 1.807) is 0 Å². The molecule has 54 valence electrons. The minimum atomic E-state index is -0.113. The van der Waals surface area contributed by atoms with Crippen molar-refractivity contribution in [3.63, 3.8) is 0 Å². The van der Waals surface area contributed by atoms with E-state index < -0.39 is 0 Å². The Kier molecular flexibility index (Phi) is 1.80. The van der Waals surface area contributed by atoms with Gasteiger partial charge in [-0.1, -0.05) is 13.3 Å². The van der Waals surface area contributed by atoms with Crippen molar-refractivity contribution in [1.82, 2.24) is 0 Å². The minimum absolute atomic E-state index is 0.113. The summed E-state index contributed by atoms with van der Waals surface area (Å²) < 4.78 is 0. The fourth-order valence-electron chi connectivity index (χ4n) is 1.51. The van der Waals surface area contributed by atoms with E-state index in [2.05, 4.69) is 13.8 Å². The molecule has 0 radical (unpaired) electrons. The van der Waals surface area contributed by atoms with Gasteiger partial charge in [-0.3, -0.25) is 0 Å². The highest BCUT2D eigenvalue weighted by Crippen LogP contribution is 2.32. The van der Waals surface area contributed by atoms with Crippen LogP contribution in [0.1, 0.15) is 39.5 Å². The first kappa shape index (κ1) is 7.07. The van der Waals surface area contributed by atoms with E-state index in [4.69, 9.17) is 5.11 Å². The molecule has 1 aliphatic rings. The highest BCUT2D eigenvalue weighted by Gasteiger charge is 2.35. The highest BCUT2D eigenvalue weighted by molar-refractivity contribution is 4.82. The summed E-state index contributed by atoms with van der Waals surface area (Å²) in [5.74, 6) is 0.617. The molecular weight excluding hydrogens is 112 g/mol. The van der Waals surface area contributed by atoms with E-state index in [-0.39, 0.29) is 5.60 Å².